The number of rotatable bonds is 6. The van der Waals surface area contributed by atoms with E-state index in [1.54, 1.807) is 23.1 Å². The van der Waals surface area contributed by atoms with Crippen molar-refractivity contribution < 1.29 is 4.79 Å². The number of aryl methyl sites for hydroxylation is 1. The third-order valence-corrected chi connectivity index (χ3v) is 7.15. The van der Waals surface area contributed by atoms with Gasteiger partial charge in [-0.15, -0.1) is 11.8 Å². The molecule has 1 amide bonds. The fourth-order valence-electron chi connectivity index (χ4n) is 3.24. The lowest BCUT2D eigenvalue weighted by Crippen LogP contribution is -2.44. The number of thiazole rings is 1. The molecule has 1 saturated heterocycles. The third-order valence-electron chi connectivity index (χ3n) is 5.05. The van der Waals surface area contributed by atoms with E-state index in [0.29, 0.717) is 6.42 Å². The van der Waals surface area contributed by atoms with E-state index in [1.807, 2.05) is 18.2 Å². The van der Waals surface area contributed by atoms with Crippen LogP contribution in [0.25, 0.3) is 10.2 Å². The van der Waals surface area contributed by atoms with Crippen molar-refractivity contribution >= 4 is 50.0 Å². The van der Waals surface area contributed by atoms with Crippen LogP contribution in [-0.4, -0.2) is 54.8 Å². The largest absolute Gasteiger partial charge is 0.345 e. The first-order chi connectivity index (χ1) is 14.1. The molecule has 1 fully saturated rings. The molecule has 1 aromatic heterocycles. The number of nitrogens with zero attached hydrogens (tertiary/aromatic N) is 3. The van der Waals surface area contributed by atoms with Gasteiger partial charge in [-0.2, -0.15) is 0 Å². The molecule has 152 valence electrons. The summed E-state index contributed by atoms with van der Waals surface area (Å²) >= 11 is 3.42. The summed E-state index contributed by atoms with van der Waals surface area (Å²) in [5, 5.41) is 4.11. The van der Waals surface area contributed by atoms with Gasteiger partial charge < -0.3 is 15.1 Å². The van der Waals surface area contributed by atoms with Crippen molar-refractivity contribution in [3.8, 4) is 0 Å². The van der Waals surface area contributed by atoms with Crippen LogP contribution in [0, 0.1) is 6.92 Å². The molecule has 0 atom stereocenters. The normalized spacial score (nSPS) is 15.0. The van der Waals surface area contributed by atoms with Crippen LogP contribution in [0.2, 0.25) is 0 Å². The average Bonchev–Trinajstić information content (AvgIpc) is 3.13. The van der Waals surface area contributed by atoms with Gasteiger partial charge in [0.15, 0.2) is 5.13 Å². The zero-order valence-electron chi connectivity index (χ0n) is 16.9. The summed E-state index contributed by atoms with van der Waals surface area (Å²) in [7, 11) is 2.16. The van der Waals surface area contributed by atoms with E-state index in [0.717, 1.165) is 53.0 Å². The molecule has 0 aliphatic carbocycles. The molecule has 1 aliphatic heterocycles. The topological polar surface area (TPSA) is 48.5 Å². The summed E-state index contributed by atoms with van der Waals surface area (Å²) in [5.41, 5.74) is 3.09. The minimum atomic E-state index is 0.0489. The number of likely N-dealkylation sites (N-methyl/N-ethyl adjacent to an activating group) is 1. The lowest BCUT2D eigenvalue weighted by Gasteiger charge is -2.31. The number of hydrogen-bond donors (Lipinski definition) is 1. The SMILES string of the molecule is Cc1ccc(SCCC(=O)Nc2ccc3nc(N4CCN(C)CC4)sc3c2)cc1. The highest BCUT2D eigenvalue weighted by Gasteiger charge is 2.17. The van der Waals surface area contributed by atoms with Crippen molar-refractivity contribution in [2.45, 2.75) is 18.2 Å². The molecule has 2 aromatic carbocycles. The number of carbonyl (C=O) groups is 1. The number of benzene rings is 2. The highest BCUT2D eigenvalue weighted by molar-refractivity contribution is 7.99. The van der Waals surface area contributed by atoms with E-state index in [4.69, 9.17) is 4.98 Å². The number of aromatic nitrogens is 1. The van der Waals surface area contributed by atoms with Crippen molar-refractivity contribution in [2.24, 2.45) is 0 Å². The Balaban J connectivity index is 1.32. The van der Waals surface area contributed by atoms with Crippen LogP contribution in [0.15, 0.2) is 47.4 Å². The van der Waals surface area contributed by atoms with Crippen molar-refractivity contribution in [3.63, 3.8) is 0 Å². The number of carbonyl (C=O) groups excluding carboxylic acids is 1. The van der Waals surface area contributed by atoms with Gasteiger partial charge in [0.25, 0.3) is 0 Å². The van der Waals surface area contributed by atoms with E-state index in [1.165, 1.54) is 10.5 Å². The zero-order valence-corrected chi connectivity index (χ0v) is 18.5. The van der Waals surface area contributed by atoms with Gasteiger partial charge in [-0.05, 0) is 44.3 Å². The highest BCUT2D eigenvalue weighted by Crippen LogP contribution is 2.31. The highest BCUT2D eigenvalue weighted by atomic mass is 32.2. The Bertz CT molecular complexity index is 978. The number of hydrogen-bond acceptors (Lipinski definition) is 6. The van der Waals surface area contributed by atoms with Crippen molar-refractivity contribution in [1.29, 1.82) is 0 Å². The Labute approximate surface area is 180 Å². The van der Waals surface area contributed by atoms with Gasteiger partial charge in [-0.3, -0.25) is 4.79 Å². The molecule has 5 nitrogen and oxygen atoms in total. The van der Waals surface area contributed by atoms with Crippen LogP contribution >= 0.6 is 23.1 Å². The number of thioether (sulfide) groups is 1. The fraction of sp³-hybridized carbons (Fsp3) is 0.364. The van der Waals surface area contributed by atoms with Crippen molar-refractivity contribution in [3.05, 3.63) is 48.0 Å². The number of amides is 1. The molecular formula is C22H26N4OS2. The molecular weight excluding hydrogens is 400 g/mol. The molecule has 3 aromatic rings. The van der Waals surface area contributed by atoms with Gasteiger partial charge in [0.1, 0.15) is 0 Å². The molecule has 2 heterocycles. The standard InChI is InChI=1S/C22H26N4OS2/c1-16-3-6-18(7-4-16)28-14-9-21(27)23-17-5-8-19-20(15-17)29-22(24-19)26-12-10-25(2)11-13-26/h3-8,15H,9-14H2,1-2H3,(H,23,27). The van der Waals surface area contributed by atoms with E-state index in [9.17, 15) is 4.79 Å². The van der Waals surface area contributed by atoms with Crippen molar-refractivity contribution in [1.82, 2.24) is 9.88 Å². The van der Waals surface area contributed by atoms with Crippen LogP contribution in [0.1, 0.15) is 12.0 Å². The molecule has 29 heavy (non-hydrogen) atoms. The minimum absolute atomic E-state index is 0.0489. The van der Waals surface area contributed by atoms with Gasteiger partial charge in [-0.1, -0.05) is 29.0 Å². The van der Waals surface area contributed by atoms with Crippen LogP contribution in [0.3, 0.4) is 0 Å². The van der Waals surface area contributed by atoms with Gasteiger partial charge >= 0.3 is 0 Å². The lowest BCUT2D eigenvalue weighted by atomic mass is 10.2. The van der Waals surface area contributed by atoms with Gasteiger partial charge in [0, 0.05) is 48.9 Å². The molecule has 0 unspecified atom stereocenters. The third kappa shape index (κ3) is 5.29. The van der Waals surface area contributed by atoms with Crippen LogP contribution in [-0.2, 0) is 4.79 Å². The smallest absolute Gasteiger partial charge is 0.225 e. The number of nitrogens with one attached hydrogen (secondary N) is 1. The summed E-state index contributed by atoms with van der Waals surface area (Å²) in [4.78, 5) is 23.0. The van der Waals surface area contributed by atoms with E-state index in [2.05, 4.69) is 53.4 Å². The quantitative estimate of drug-likeness (QED) is 0.589. The minimum Gasteiger partial charge on any atom is -0.345 e. The average molecular weight is 427 g/mol. The maximum absolute atomic E-state index is 12.3. The van der Waals surface area contributed by atoms with Gasteiger partial charge in [-0.25, -0.2) is 4.98 Å². The Hall–Kier alpha value is -2.09. The first-order valence-electron chi connectivity index (χ1n) is 9.90. The summed E-state index contributed by atoms with van der Waals surface area (Å²) in [6.45, 7) is 6.24. The van der Waals surface area contributed by atoms with E-state index < -0.39 is 0 Å². The second-order valence-electron chi connectivity index (χ2n) is 7.43. The molecule has 1 N–H and O–H groups in total. The van der Waals surface area contributed by atoms with Gasteiger partial charge in [0.05, 0.1) is 10.2 Å². The second kappa shape index (κ2) is 9.15. The Morgan fingerprint density at radius 1 is 1.14 bits per heavy atom. The molecule has 0 spiro atoms. The summed E-state index contributed by atoms with van der Waals surface area (Å²) in [6.07, 6.45) is 0.492. The molecule has 7 heteroatoms. The van der Waals surface area contributed by atoms with Crippen LogP contribution < -0.4 is 10.2 Å². The first kappa shape index (κ1) is 20.2. The van der Waals surface area contributed by atoms with Gasteiger partial charge in [0.2, 0.25) is 5.91 Å². The lowest BCUT2D eigenvalue weighted by molar-refractivity contribution is -0.115. The number of anilines is 2. The number of fused-ring (bicyclic) bond motifs is 1. The Morgan fingerprint density at radius 3 is 2.66 bits per heavy atom. The predicted molar refractivity (Wildman–Crippen MR) is 124 cm³/mol. The molecule has 0 radical (unpaired) electrons. The first-order valence-corrected chi connectivity index (χ1v) is 11.7. The molecule has 1 aliphatic rings. The van der Waals surface area contributed by atoms with E-state index >= 15 is 0 Å². The maximum atomic E-state index is 12.3. The molecule has 0 saturated carbocycles. The zero-order chi connectivity index (χ0) is 20.2. The molecule has 0 bridgehead atoms. The second-order valence-corrected chi connectivity index (χ2v) is 9.61. The van der Waals surface area contributed by atoms with Crippen molar-refractivity contribution in [2.75, 3.05) is 49.2 Å². The number of piperazine rings is 1. The fourth-order valence-corrected chi connectivity index (χ4v) is 5.15. The predicted octanol–water partition coefficient (Wildman–Crippen LogP) is 4.48. The summed E-state index contributed by atoms with van der Waals surface area (Å²) in [6, 6.07) is 14.4. The van der Waals surface area contributed by atoms with Crippen LogP contribution in [0.5, 0.6) is 0 Å². The Morgan fingerprint density at radius 2 is 1.90 bits per heavy atom. The van der Waals surface area contributed by atoms with E-state index in [-0.39, 0.29) is 5.91 Å². The monoisotopic (exact) mass is 426 g/mol. The summed E-state index contributed by atoms with van der Waals surface area (Å²) in [5.74, 6) is 0.818. The molecule has 4 rings (SSSR count). The van der Waals surface area contributed by atoms with Crippen LogP contribution in [0.4, 0.5) is 10.8 Å². The Kier molecular flexibility index (Phi) is 6.37. The summed E-state index contributed by atoms with van der Waals surface area (Å²) < 4.78 is 1.12. The maximum Gasteiger partial charge on any atom is 0.225 e.